The summed E-state index contributed by atoms with van der Waals surface area (Å²) in [6, 6.07) is 56.1. The first-order valence-corrected chi connectivity index (χ1v) is 26.8. The first-order valence-electron chi connectivity index (χ1n) is 26.8. The lowest BCUT2D eigenvalue weighted by Crippen LogP contribution is -2.61. The second-order valence-electron chi connectivity index (χ2n) is 26.3. The van der Waals surface area contributed by atoms with Gasteiger partial charge in [0.15, 0.2) is 0 Å². The molecule has 13 rings (SSSR count). The molecule has 7 aromatic carbocycles. The Morgan fingerprint density at radius 3 is 1.50 bits per heavy atom. The fourth-order valence-electron chi connectivity index (χ4n) is 14.1. The Morgan fingerprint density at radius 1 is 0.486 bits per heavy atom. The number of fused-ring (bicyclic) bond motifs is 12. The summed E-state index contributed by atoms with van der Waals surface area (Å²) in [5.41, 5.74) is 23.9. The summed E-state index contributed by atoms with van der Waals surface area (Å²) in [7, 11) is 0. The molecule has 5 aliphatic rings. The number of anilines is 9. The molecule has 2 aliphatic heterocycles. The Bertz CT molecular complexity index is 3460. The third-order valence-electron chi connectivity index (χ3n) is 18.3. The second kappa shape index (κ2) is 15.1. The largest absolute Gasteiger partial charge is 0.468 e. The van der Waals surface area contributed by atoms with Gasteiger partial charge in [0, 0.05) is 45.2 Å². The number of rotatable bonds is 5. The maximum atomic E-state index is 7.71. The van der Waals surface area contributed by atoms with Crippen molar-refractivity contribution in [2.75, 3.05) is 14.7 Å². The minimum absolute atomic E-state index is 0.00360. The van der Waals surface area contributed by atoms with Crippen molar-refractivity contribution < 1.29 is 4.42 Å². The van der Waals surface area contributed by atoms with E-state index in [0.717, 1.165) is 52.5 Å². The van der Waals surface area contributed by atoms with Gasteiger partial charge >= 0.3 is 0 Å². The SMILES string of the molecule is CC(C)(C)c1ccc(N2c3cc4c(cc3B3c5oc6cc7c(cc6c5N(c5ccc(C(C)(C)C)cc5)c5cc(N(c6ccccc6)c6ccccc6)cc2c53)C2(C)CCC7(C)C2)C(C)(C)CCC4(C)C)cc1. The van der Waals surface area contributed by atoms with Crippen molar-refractivity contribution in [3.05, 3.63) is 179 Å². The predicted octanol–water partition coefficient (Wildman–Crippen LogP) is 16.6. The Kier molecular flexibility index (Phi) is 9.50. The quantitative estimate of drug-likeness (QED) is 0.160. The van der Waals surface area contributed by atoms with Gasteiger partial charge in [-0.05, 0) is 188 Å². The Hall–Kier alpha value is -6.46. The molecule has 3 aliphatic carbocycles. The van der Waals surface area contributed by atoms with E-state index in [0.29, 0.717) is 0 Å². The highest BCUT2D eigenvalue weighted by molar-refractivity contribution is 7.00. The zero-order valence-electron chi connectivity index (χ0n) is 44.7. The van der Waals surface area contributed by atoms with Gasteiger partial charge in [0.25, 0.3) is 6.71 Å². The number of hydrogen-bond acceptors (Lipinski definition) is 4. The molecule has 2 bridgehead atoms. The summed E-state index contributed by atoms with van der Waals surface area (Å²) in [5, 5.41) is 1.21. The van der Waals surface area contributed by atoms with Crippen LogP contribution in [0, 0.1) is 0 Å². The van der Waals surface area contributed by atoms with Crippen molar-refractivity contribution in [1.29, 1.82) is 0 Å². The van der Waals surface area contributed by atoms with Gasteiger partial charge in [0.1, 0.15) is 5.58 Å². The van der Waals surface area contributed by atoms with E-state index >= 15 is 0 Å². The lowest BCUT2D eigenvalue weighted by molar-refractivity contribution is 0.332. The van der Waals surface area contributed by atoms with Gasteiger partial charge in [-0.1, -0.05) is 150 Å². The van der Waals surface area contributed by atoms with Crippen LogP contribution >= 0.6 is 0 Å². The smallest absolute Gasteiger partial charge is 0.297 e. The molecule has 2 unspecified atom stereocenters. The van der Waals surface area contributed by atoms with Crippen molar-refractivity contribution in [1.82, 2.24) is 0 Å². The zero-order valence-corrected chi connectivity index (χ0v) is 44.7. The number of para-hydroxylation sites is 2. The van der Waals surface area contributed by atoms with E-state index in [4.69, 9.17) is 4.42 Å². The van der Waals surface area contributed by atoms with E-state index in [9.17, 15) is 0 Å². The molecule has 0 N–H and O–H groups in total. The van der Waals surface area contributed by atoms with Gasteiger partial charge in [-0.3, -0.25) is 0 Å². The monoisotopic (exact) mass is 944 g/mol. The van der Waals surface area contributed by atoms with E-state index in [1.54, 1.807) is 0 Å². The highest BCUT2D eigenvalue weighted by Crippen LogP contribution is 2.62. The summed E-state index contributed by atoms with van der Waals surface area (Å²) in [5.74, 6) is 0. The molecule has 3 heterocycles. The standard InChI is InChI=1S/C67H70BN3O/c1-62(2,3)42-23-27-46(28-24-42)70-55-39-51-50(64(7,8)31-32-65(51,9)10)38-54(55)68-59-56(70)35-48(69(44-19-15-13-16-20-44)45-21-17-14-18-22-45)36-57(59)71(47-29-25-43(26-30-47)63(4,5)6)60-49-37-52-53(40-58(49)72-61(60)68)67(12)34-33-66(52,11)41-67/h13-30,35-40H,31-34,41H2,1-12H3. The van der Waals surface area contributed by atoms with Gasteiger partial charge in [-0.2, -0.15) is 0 Å². The van der Waals surface area contributed by atoms with E-state index in [1.165, 1.54) is 91.7 Å². The molecule has 5 heteroatoms. The van der Waals surface area contributed by atoms with Gasteiger partial charge in [0.2, 0.25) is 0 Å². The molecule has 1 saturated carbocycles. The molecule has 362 valence electrons. The Morgan fingerprint density at radius 2 is 0.972 bits per heavy atom. The number of furan rings is 1. The van der Waals surface area contributed by atoms with Crippen molar-refractivity contribution in [3.63, 3.8) is 0 Å². The highest BCUT2D eigenvalue weighted by Gasteiger charge is 2.54. The Labute approximate surface area is 429 Å². The summed E-state index contributed by atoms with van der Waals surface area (Å²) < 4.78 is 7.71. The van der Waals surface area contributed by atoms with Crippen LogP contribution in [0.5, 0.6) is 0 Å². The van der Waals surface area contributed by atoms with Crippen LogP contribution in [-0.2, 0) is 32.5 Å². The fraction of sp³-hybridized carbons (Fsp3) is 0.343. The van der Waals surface area contributed by atoms with E-state index < -0.39 is 0 Å². The van der Waals surface area contributed by atoms with Crippen LogP contribution in [0.3, 0.4) is 0 Å². The summed E-state index contributed by atoms with van der Waals surface area (Å²) >= 11 is 0. The lowest BCUT2D eigenvalue weighted by Gasteiger charge is -2.47. The lowest BCUT2D eigenvalue weighted by atomic mass is 9.35. The van der Waals surface area contributed by atoms with Crippen LogP contribution in [0.15, 0.2) is 150 Å². The highest BCUT2D eigenvalue weighted by atomic mass is 16.3. The van der Waals surface area contributed by atoms with Crippen molar-refractivity contribution >= 4 is 85.5 Å². The molecule has 2 atom stereocenters. The molecular formula is C67H70BN3O. The molecule has 0 amide bonds. The maximum absolute atomic E-state index is 7.71. The van der Waals surface area contributed by atoms with E-state index in [2.05, 4.69) is 243 Å². The fourth-order valence-corrected chi connectivity index (χ4v) is 14.1. The van der Waals surface area contributed by atoms with Gasteiger partial charge in [0.05, 0.1) is 17.0 Å². The second-order valence-corrected chi connectivity index (χ2v) is 26.3. The molecule has 0 spiro atoms. The van der Waals surface area contributed by atoms with Crippen molar-refractivity contribution in [2.45, 2.75) is 148 Å². The number of benzene rings is 7. The van der Waals surface area contributed by atoms with Crippen LogP contribution in [0.25, 0.3) is 11.0 Å². The van der Waals surface area contributed by atoms with Crippen LogP contribution < -0.4 is 31.3 Å². The van der Waals surface area contributed by atoms with Gasteiger partial charge < -0.3 is 19.1 Å². The van der Waals surface area contributed by atoms with Crippen LogP contribution in [0.4, 0.5) is 51.2 Å². The Balaban J connectivity index is 1.19. The van der Waals surface area contributed by atoms with Gasteiger partial charge in [-0.15, -0.1) is 0 Å². The first-order chi connectivity index (χ1) is 34.1. The summed E-state index contributed by atoms with van der Waals surface area (Å²) in [6.07, 6.45) is 5.94. The zero-order chi connectivity index (χ0) is 50.1. The third kappa shape index (κ3) is 6.64. The molecule has 8 aromatic rings. The van der Waals surface area contributed by atoms with Crippen LogP contribution in [0.1, 0.15) is 149 Å². The predicted molar refractivity (Wildman–Crippen MR) is 306 cm³/mol. The molecule has 1 fully saturated rings. The molecule has 1 aromatic heterocycles. The molecule has 72 heavy (non-hydrogen) atoms. The van der Waals surface area contributed by atoms with Crippen molar-refractivity contribution in [2.24, 2.45) is 0 Å². The van der Waals surface area contributed by atoms with Crippen LogP contribution in [0.2, 0.25) is 0 Å². The van der Waals surface area contributed by atoms with Crippen molar-refractivity contribution in [3.8, 4) is 0 Å². The maximum Gasteiger partial charge on any atom is 0.297 e. The minimum atomic E-state index is -0.164. The average Bonchev–Trinajstić information content (AvgIpc) is 3.96. The third-order valence-corrected chi connectivity index (χ3v) is 18.3. The molecule has 4 nitrogen and oxygen atoms in total. The number of nitrogens with zero attached hydrogens (tertiary/aromatic N) is 3. The topological polar surface area (TPSA) is 22.9 Å². The number of hydrogen-bond donors (Lipinski definition) is 0. The van der Waals surface area contributed by atoms with Crippen LogP contribution in [-0.4, -0.2) is 6.71 Å². The minimum Gasteiger partial charge on any atom is -0.468 e. The molecule has 0 radical (unpaired) electrons. The average molecular weight is 944 g/mol. The molecule has 0 saturated heterocycles. The van der Waals surface area contributed by atoms with E-state index in [-0.39, 0.29) is 39.2 Å². The molecular weight excluding hydrogens is 874 g/mol. The first kappa shape index (κ1) is 45.4. The summed E-state index contributed by atoms with van der Waals surface area (Å²) in [6.45, 7) is 28.6. The summed E-state index contributed by atoms with van der Waals surface area (Å²) in [4.78, 5) is 7.67. The van der Waals surface area contributed by atoms with Gasteiger partial charge in [-0.25, -0.2) is 0 Å². The van der Waals surface area contributed by atoms with E-state index in [1.807, 2.05) is 0 Å². The normalized spacial score (nSPS) is 21.0.